The van der Waals surface area contributed by atoms with Crippen molar-refractivity contribution in [1.29, 1.82) is 0 Å². The fraction of sp³-hybridized carbons (Fsp3) is 0.591. The Morgan fingerprint density at radius 2 is 2.19 bits per heavy atom. The number of carbonyl (C=O) groups is 1. The van der Waals surface area contributed by atoms with Gasteiger partial charge in [-0.15, -0.1) is 0 Å². The van der Waals surface area contributed by atoms with Crippen molar-refractivity contribution in [3.63, 3.8) is 0 Å². The molecule has 2 N–H and O–H groups in total. The van der Waals surface area contributed by atoms with E-state index >= 15 is 0 Å². The molecule has 142 valence electrons. The van der Waals surface area contributed by atoms with Crippen molar-refractivity contribution < 1.29 is 15.0 Å². The van der Waals surface area contributed by atoms with E-state index in [1.54, 1.807) is 6.92 Å². The molecule has 26 heavy (non-hydrogen) atoms. The van der Waals surface area contributed by atoms with Crippen LogP contribution in [-0.2, 0) is 4.79 Å². The largest absolute Gasteiger partial charge is 0.393 e. The molecule has 0 amide bonds. The molecule has 0 aromatic rings. The van der Waals surface area contributed by atoms with Gasteiger partial charge in [0.1, 0.15) is 0 Å². The molecule has 4 atom stereocenters. The fourth-order valence-electron chi connectivity index (χ4n) is 4.77. The Labute approximate surface area is 161 Å². The molecule has 3 aliphatic rings. The maximum atomic E-state index is 11.4. The lowest BCUT2D eigenvalue weighted by molar-refractivity contribution is -0.109. The van der Waals surface area contributed by atoms with E-state index < -0.39 is 12.2 Å². The Morgan fingerprint density at radius 1 is 1.42 bits per heavy atom. The van der Waals surface area contributed by atoms with E-state index in [2.05, 4.69) is 31.7 Å². The molecule has 3 nitrogen and oxygen atoms in total. The average molecular weight is 375 g/mol. The Bertz CT molecular complexity index is 688. The van der Waals surface area contributed by atoms with Gasteiger partial charge in [0.05, 0.1) is 12.2 Å². The lowest BCUT2D eigenvalue weighted by Gasteiger charge is -2.41. The highest BCUT2D eigenvalue weighted by atomic mass is 32.2. The SMILES string of the molecule is C=C1C(=CC=C2CCC[C@]3(C)C(CSC(C)=O)=CC[C@@H]23)C[C@@H](O)C[C@@H]1O. The number of carbonyl (C=O) groups excluding carboxylic acids is 1. The van der Waals surface area contributed by atoms with Gasteiger partial charge in [-0.3, -0.25) is 4.79 Å². The highest BCUT2D eigenvalue weighted by molar-refractivity contribution is 8.13. The summed E-state index contributed by atoms with van der Waals surface area (Å²) >= 11 is 1.42. The Morgan fingerprint density at radius 3 is 2.92 bits per heavy atom. The second-order valence-corrected chi connectivity index (χ2v) is 9.29. The highest BCUT2D eigenvalue weighted by Crippen LogP contribution is 2.55. The van der Waals surface area contributed by atoms with E-state index in [0.29, 0.717) is 18.8 Å². The summed E-state index contributed by atoms with van der Waals surface area (Å²) in [5, 5.41) is 20.1. The summed E-state index contributed by atoms with van der Waals surface area (Å²) < 4.78 is 0. The first-order chi connectivity index (χ1) is 12.3. The van der Waals surface area contributed by atoms with Gasteiger partial charge < -0.3 is 10.2 Å². The van der Waals surface area contributed by atoms with Gasteiger partial charge in [-0.05, 0) is 54.6 Å². The predicted molar refractivity (Wildman–Crippen MR) is 108 cm³/mol. The summed E-state index contributed by atoms with van der Waals surface area (Å²) in [5.41, 5.74) is 4.75. The maximum Gasteiger partial charge on any atom is 0.186 e. The van der Waals surface area contributed by atoms with E-state index in [-0.39, 0.29) is 10.5 Å². The summed E-state index contributed by atoms with van der Waals surface area (Å²) in [7, 11) is 0. The topological polar surface area (TPSA) is 57.5 Å². The molecule has 2 saturated carbocycles. The van der Waals surface area contributed by atoms with Crippen molar-refractivity contribution in [3.05, 3.63) is 47.1 Å². The summed E-state index contributed by atoms with van der Waals surface area (Å²) in [6.07, 6.45) is 10.9. The normalized spacial score (nSPS) is 37.8. The molecule has 2 fully saturated rings. The van der Waals surface area contributed by atoms with Gasteiger partial charge in [0, 0.05) is 19.1 Å². The first-order valence-corrected chi connectivity index (χ1v) is 10.6. The van der Waals surface area contributed by atoms with Gasteiger partial charge in [0.25, 0.3) is 0 Å². The number of allylic oxidation sites excluding steroid dienone is 4. The molecular formula is C22H30O3S. The van der Waals surface area contributed by atoms with Crippen LogP contribution in [-0.4, -0.2) is 33.3 Å². The quantitative estimate of drug-likeness (QED) is 0.722. The van der Waals surface area contributed by atoms with Crippen molar-refractivity contribution in [1.82, 2.24) is 0 Å². The Kier molecular flexibility index (Phi) is 5.95. The smallest absolute Gasteiger partial charge is 0.186 e. The van der Waals surface area contributed by atoms with Crippen molar-refractivity contribution >= 4 is 16.9 Å². The van der Waals surface area contributed by atoms with Gasteiger partial charge in [0.2, 0.25) is 0 Å². The zero-order valence-electron chi connectivity index (χ0n) is 15.8. The van der Waals surface area contributed by atoms with Crippen molar-refractivity contribution in [3.8, 4) is 0 Å². The zero-order valence-corrected chi connectivity index (χ0v) is 16.6. The fourth-order valence-corrected chi connectivity index (χ4v) is 5.58. The molecular weight excluding hydrogens is 344 g/mol. The van der Waals surface area contributed by atoms with Crippen LogP contribution >= 0.6 is 11.8 Å². The van der Waals surface area contributed by atoms with Gasteiger partial charge in [-0.1, -0.05) is 54.6 Å². The second kappa shape index (κ2) is 7.87. The number of aliphatic hydroxyl groups excluding tert-OH is 2. The van der Waals surface area contributed by atoms with Crippen LogP contribution in [0.25, 0.3) is 0 Å². The number of hydrogen-bond acceptors (Lipinski definition) is 4. The van der Waals surface area contributed by atoms with Crippen molar-refractivity contribution in [2.24, 2.45) is 11.3 Å². The summed E-state index contributed by atoms with van der Waals surface area (Å²) in [6, 6.07) is 0. The minimum absolute atomic E-state index is 0.160. The summed E-state index contributed by atoms with van der Waals surface area (Å²) in [4.78, 5) is 11.4. The van der Waals surface area contributed by atoms with Gasteiger partial charge in [-0.2, -0.15) is 0 Å². The zero-order chi connectivity index (χ0) is 18.9. The maximum absolute atomic E-state index is 11.4. The molecule has 0 bridgehead atoms. The van der Waals surface area contributed by atoms with Gasteiger partial charge in [-0.25, -0.2) is 0 Å². The molecule has 0 aliphatic heterocycles. The minimum atomic E-state index is -0.636. The molecule has 0 radical (unpaired) electrons. The highest BCUT2D eigenvalue weighted by Gasteiger charge is 2.44. The average Bonchev–Trinajstić information content (AvgIpc) is 2.91. The second-order valence-electron chi connectivity index (χ2n) is 8.14. The molecule has 0 unspecified atom stereocenters. The summed E-state index contributed by atoms with van der Waals surface area (Å²) in [6.45, 7) is 7.99. The van der Waals surface area contributed by atoms with Crippen molar-refractivity contribution in [2.45, 2.75) is 64.6 Å². The first-order valence-electron chi connectivity index (χ1n) is 9.59. The van der Waals surface area contributed by atoms with Gasteiger partial charge in [0.15, 0.2) is 5.12 Å². The van der Waals surface area contributed by atoms with Crippen LogP contribution in [0.4, 0.5) is 0 Å². The molecule has 0 aromatic carbocycles. The number of thioether (sulfide) groups is 1. The third kappa shape index (κ3) is 3.92. The number of fused-ring (bicyclic) bond motifs is 1. The molecule has 0 aromatic heterocycles. The monoisotopic (exact) mass is 374 g/mol. The van der Waals surface area contributed by atoms with Gasteiger partial charge >= 0.3 is 0 Å². The van der Waals surface area contributed by atoms with Crippen LogP contribution in [0.3, 0.4) is 0 Å². The van der Waals surface area contributed by atoms with Crippen LogP contribution in [0.5, 0.6) is 0 Å². The molecule has 0 heterocycles. The Hall–Kier alpha value is -1.10. The lowest BCUT2D eigenvalue weighted by atomic mass is 9.64. The third-order valence-corrected chi connectivity index (χ3v) is 7.27. The number of hydrogen-bond donors (Lipinski definition) is 2. The van der Waals surface area contributed by atoms with Crippen molar-refractivity contribution in [2.75, 3.05) is 5.75 Å². The van der Waals surface area contributed by atoms with Crippen LogP contribution in [0.2, 0.25) is 0 Å². The molecule has 4 heteroatoms. The predicted octanol–water partition coefficient (Wildman–Crippen LogP) is 4.33. The standard InChI is InChI=1S/C22H30O3S/c1-14-17(11-19(24)12-21(14)25)7-6-16-5-4-10-22(3)18(8-9-20(16)22)13-26-15(2)23/h6-8,19-21,24-25H,1,4-5,9-13H2,2-3H3/t19-,20+,21+,22-/m1/s1. The van der Waals surface area contributed by atoms with Crippen LogP contribution < -0.4 is 0 Å². The molecule has 0 saturated heterocycles. The lowest BCUT2D eigenvalue weighted by Crippen LogP contribution is -2.31. The van der Waals surface area contributed by atoms with E-state index in [0.717, 1.165) is 36.2 Å². The minimum Gasteiger partial charge on any atom is -0.393 e. The Balaban J connectivity index is 1.78. The number of rotatable bonds is 3. The molecule has 0 spiro atoms. The van der Waals surface area contributed by atoms with Crippen LogP contribution in [0.1, 0.15) is 52.4 Å². The van der Waals surface area contributed by atoms with E-state index in [9.17, 15) is 15.0 Å². The van der Waals surface area contributed by atoms with Crippen LogP contribution in [0.15, 0.2) is 47.1 Å². The van der Waals surface area contributed by atoms with E-state index in [4.69, 9.17) is 0 Å². The van der Waals surface area contributed by atoms with E-state index in [1.165, 1.54) is 29.3 Å². The van der Waals surface area contributed by atoms with Crippen LogP contribution in [0, 0.1) is 11.3 Å². The third-order valence-electron chi connectivity index (χ3n) is 6.41. The molecule has 3 aliphatic carbocycles. The summed E-state index contributed by atoms with van der Waals surface area (Å²) in [5.74, 6) is 1.31. The van der Waals surface area contributed by atoms with E-state index in [1.807, 2.05) is 0 Å². The first kappa shape index (κ1) is 19.7. The number of aliphatic hydroxyl groups is 2. The molecule has 3 rings (SSSR count).